The summed E-state index contributed by atoms with van der Waals surface area (Å²) in [4.78, 5) is 4.98. The zero-order valence-corrected chi connectivity index (χ0v) is 14.1. The minimum absolute atomic E-state index is 0.262. The first-order chi connectivity index (χ1) is 11.2. The Kier molecular flexibility index (Phi) is 5.41. The van der Waals surface area contributed by atoms with E-state index < -0.39 is 0 Å². The molecule has 0 spiro atoms. The van der Waals surface area contributed by atoms with E-state index in [-0.39, 0.29) is 6.61 Å². The van der Waals surface area contributed by atoms with E-state index in [1.807, 2.05) is 6.07 Å². The molecule has 5 heteroatoms. The summed E-state index contributed by atoms with van der Waals surface area (Å²) >= 11 is 0. The van der Waals surface area contributed by atoms with Crippen LogP contribution in [0.25, 0.3) is 0 Å². The van der Waals surface area contributed by atoms with E-state index in [4.69, 9.17) is 15.6 Å². The van der Waals surface area contributed by atoms with Crippen molar-refractivity contribution in [1.82, 2.24) is 9.80 Å². The van der Waals surface area contributed by atoms with Gasteiger partial charge in [0.2, 0.25) is 0 Å². The summed E-state index contributed by atoms with van der Waals surface area (Å²) in [6.07, 6.45) is 4.57. The van der Waals surface area contributed by atoms with Crippen molar-refractivity contribution in [1.29, 1.82) is 0 Å². The average Bonchev–Trinajstić information content (AvgIpc) is 2.78. The Morgan fingerprint density at radius 1 is 1.26 bits per heavy atom. The molecule has 2 aliphatic rings. The SMILES string of the molecule is COc1c(N)ccc2c1CCCC(N1CCN(CCO)CC1)C2. The van der Waals surface area contributed by atoms with Gasteiger partial charge in [-0.2, -0.15) is 0 Å². The van der Waals surface area contributed by atoms with E-state index in [1.54, 1.807) is 7.11 Å². The van der Waals surface area contributed by atoms with Gasteiger partial charge in [-0.3, -0.25) is 9.80 Å². The first-order valence-corrected chi connectivity index (χ1v) is 8.74. The zero-order valence-electron chi connectivity index (χ0n) is 14.1. The van der Waals surface area contributed by atoms with E-state index in [1.165, 1.54) is 24.0 Å². The number of nitrogens with two attached hydrogens (primary N) is 1. The maximum Gasteiger partial charge on any atom is 0.145 e. The highest BCUT2D eigenvalue weighted by Crippen LogP contribution is 2.34. The molecule has 0 amide bonds. The fourth-order valence-electron chi connectivity index (χ4n) is 4.07. The van der Waals surface area contributed by atoms with Crippen molar-refractivity contribution in [3.05, 3.63) is 23.3 Å². The number of methoxy groups -OCH3 is 1. The van der Waals surface area contributed by atoms with Gasteiger partial charge in [0.05, 0.1) is 19.4 Å². The van der Waals surface area contributed by atoms with E-state index in [2.05, 4.69) is 15.9 Å². The summed E-state index contributed by atoms with van der Waals surface area (Å²) in [6.45, 7) is 5.40. The molecule has 1 aromatic rings. The van der Waals surface area contributed by atoms with Gasteiger partial charge in [0, 0.05) is 38.8 Å². The van der Waals surface area contributed by atoms with Gasteiger partial charge in [-0.1, -0.05) is 6.07 Å². The lowest BCUT2D eigenvalue weighted by Gasteiger charge is -2.39. The lowest BCUT2D eigenvalue weighted by Crippen LogP contribution is -2.51. The van der Waals surface area contributed by atoms with Crippen LogP contribution in [-0.2, 0) is 12.8 Å². The van der Waals surface area contributed by atoms with Gasteiger partial charge in [0.15, 0.2) is 0 Å². The Morgan fingerprint density at radius 3 is 2.74 bits per heavy atom. The van der Waals surface area contributed by atoms with E-state index in [0.717, 1.165) is 57.0 Å². The van der Waals surface area contributed by atoms with Crippen molar-refractivity contribution in [2.75, 3.05) is 52.2 Å². The highest BCUT2D eigenvalue weighted by molar-refractivity contribution is 5.60. The molecule has 1 aliphatic carbocycles. The van der Waals surface area contributed by atoms with Gasteiger partial charge >= 0.3 is 0 Å². The Hall–Kier alpha value is -1.30. The van der Waals surface area contributed by atoms with Crippen LogP contribution in [0.3, 0.4) is 0 Å². The van der Waals surface area contributed by atoms with Crippen molar-refractivity contribution in [3.8, 4) is 5.75 Å². The number of benzene rings is 1. The fraction of sp³-hybridized carbons (Fsp3) is 0.667. The van der Waals surface area contributed by atoms with Gasteiger partial charge < -0.3 is 15.6 Å². The lowest BCUT2D eigenvalue weighted by atomic mass is 9.99. The predicted molar refractivity (Wildman–Crippen MR) is 92.9 cm³/mol. The monoisotopic (exact) mass is 319 g/mol. The van der Waals surface area contributed by atoms with Crippen molar-refractivity contribution in [3.63, 3.8) is 0 Å². The minimum atomic E-state index is 0.262. The molecular formula is C18H29N3O2. The van der Waals surface area contributed by atoms with Gasteiger partial charge in [0.25, 0.3) is 0 Å². The number of aliphatic hydroxyl groups excluding tert-OH is 1. The Labute approximate surface area is 139 Å². The molecule has 128 valence electrons. The summed E-state index contributed by atoms with van der Waals surface area (Å²) in [6, 6.07) is 4.79. The standard InChI is InChI=1S/C18H29N3O2/c1-23-18-16-4-2-3-15(13-14(16)5-6-17(18)19)21-9-7-20(8-10-21)11-12-22/h5-6,15,22H,2-4,7-13,19H2,1H3. The number of nitrogen functional groups attached to an aromatic ring is 1. The third-order valence-electron chi connectivity index (χ3n) is 5.35. The molecule has 1 fully saturated rings. The predicted octanol–water partition coefficient (Wildman–Crippen LogP) is 1.13. The molecule has 5 nitrogen and oxygen atoms in total. The quantitative estimate of drug-likeness (QED) is 0.644. The van der Waals surface area contributed by atoms with Crippen molar-refractivity contribution < 1.29 is 9.84 Å². The fourth-order valence-corrected chi connectivity index (χ4v) is 4.07. The number of rotatable bonds is 4. The molecule has 1 heterocycles. The van der Waals surface area contributed by atoms with Gasteiger partial charge in [-0.25, -0.2) is 0 Å². The molecule has 1 atom stereocenters. The van der Waals surface area contributed by atoms with Crippen LogP contribution in [0.2, 0.25) is 0 Å². The van der Waals surface area contributed by atoms with Crippen molar-refractivity contribution in [2.45, 2.75) is 31.7 Å². The van der Waals surface area contributed by atoms with Crippen LogP contribution >= 0.6 is 0 Å². The molecule has 0 saturated carbocycles. The number of nitrogens with zero attached hydrogens (tertiary/aromatic N) is 2. The number of aliphatic hydroxyl groups is 1. The van der Waals surface area contributed by atoms with Crippen LogP contribution in [0.4, 0.5) is 5.69 Å². The molecule has 23 heavy (non-hydrogen) atoms. The molecule has 0 aromatic heterocycles. The topological polar surface area (TPSA) is 62.0 Å². The van der Waals surface area contributed by atoms with Crippen LogP contribution in [-0.4, -0.2) is 67.4 Å². The molecule has 1 unspecified atom stereocenters. The smallest absolute Gasteiger partial charge is 0.145 e. The van der Waals surface area contributed by atoms with Crippen LogP contribution < -0.4 is 10.5 Å². The number of piperazine rings is 1. The second-order valence-corrected chi connectivity index (χ2v) is 6.68. The molecule has 3 N–H and O–H groups in total. The number of anilines is 1. The first kappa shape index (κ1) is 16.6. The van der Waals surface area contributed by atoms with E-state index >= 15 is 0 Å². The maximum absolute atomic E-state index is 9.07. The molecule has 1 aromatic carbocycles. The molecule has 0 radical (unpaired) electrons. The Morgan fingerprint density at radius 2 is 2.04 bits per heavy atom. The number of β-amino-alcohol motifs (C(OH)–C–C–N with tert-alkyl or cyclic N) is 1. The molecule has 1 saturated heterocycles. The summed E-state index contributed by atoms with van der Waals surface area (Å²) in [7, 11) is 1.72. The number of hydrogen-bond donors (Lipinski definition) is 2. The second kappa shape index (κ2) is 7.51. The normalized spacial score (nSPS) is 23.3. The van der Waals surface area contributed by atoms with Crippen LogP contribution in [0, 0.1) is 0 Å². The van der Waals surface area contributed by atoms with Gasteiger partial charge in [-0.15, -0.1) is 0 Å². The minimum Gasteiger partial charge on any atom is -0.494 e. The zero-order chi connectivity index (χ0) is 16.2. The highest BCUT2D eigenvalue weighted by atomic mass is 16.5. The summed E-state index contributed by atoms with van der Waals surface area (Å²) in [5.41, 5.74) is 9.53. The van der Waals surface area contributed by atoms with Crippen molar-refractivity contribution >= 4 is 5.69 Å². The maximum atomic E-state index is 9.07. The third-order valence-corrected chi connectivity index (χ3v) is 5.35. The third kappa shape index (κ3) is 3.62. The van der Waals surface area contributed by atoms with E-state index in [0.29, 0.717) is 6.04 Å². The molecule has 0 bridgehead atoms. The summed E-state index contributed by atoms with van der Waals surface area (Å²) < 4.78 is 5.55. The second-order valence-electron chi connectivity index (χ2n) is 6.68. The highest BCUT2D eigenvalue weighted by Gasteiger charge is 2.27. The largest absolute Gasteiger partial charge is 0.494 e. The molecular weight excluding hydrogens is 290 g/mol. The number of fused-ring (bicyclic) bond motifs is 1. The van der Waals surface area contributed by atoms with Crippen LogP contribution in [0.5, 0.6) is 5.75 Å². The molecule has 3 rings (SSSR count). The van der Waals surface area contributed by atoms with Gasteiger partial charge in [0.1, 0.15) is 5.75 Å². The first-order valence-electron chi connectivity index (χ1n) is 8.74. The number of ether oxygens (including phenoxy) is 1. The number of hydrogen-bond acceptors (Lipinski definition) is 5. The molecule has 1 aliphatic heterocycles. The summed E-state index contributed by atoms with van der Waals surface area (Å²) in [5.74, 6) is 0.885. The van der Waals surface area contributed by atoms with Crippen LogP contribution in [0.15, 0.2) is 12.1 Å². The average molecular weight is 319 g/mol. The van der Waals surface area contributed by atoms with E-state index in [9.17, 15) is 0 Å². The van der Waals surface area contributed by atoms with Crippen LogP contribution in [0.1, 0.15) is 24.0 Å². The summed E-state index contributed by atoms with van der Waals surface area (Å²) in [5, 5.41) is 9.07. The lowest BCUT2D eigenvalue weighted by molar-refractivity contribution is 0.0805. The van der Waals surface area contributed by atoms with Gasteiger partial charge in [-0.05, 0) is 42.9 Å². The Bertz CT molecular complexity index is 527. The Balaban J connectivity index is 1.70. The van der Waals surface area contributed by atoms with Crippen molar-refractivity contribution in [2.24, 2.45) is 0 Å².